The molecule has 0 aliphatic carbocycles. The van der Waals surface area contributed by atoms with Gasteiger partial charge < -0.3 is 5.32 Å². The molecule has 7 heteroatoms. The molecule has 140 valence electrons. The lowest BCUT2D eigenvalue weighted by Gasteiger charge is -2.25. The topological polar surface area (TPSA) is 49.4 Å². The summed E-state index contributed by atoms with van der Waals surface area (Å²) in [5.41, 5.74) is 2.22. The number of aryl methyl sites for hydroxylation is 1. The van der Waals surface area contributed by atoms with Crippen LogP contribution in [0.15, 0.2) is 30.3 Å². The van der Waals surface area contributed by atoms with Crippen LogP contribution in [0.5, 0.6) is 0 Å². The largest absolute Gasteiger partial charge is 0.355 e. The van der Waals surface area contributed by atoms with Gasteiger partial charge in [-0.25, -0.2) is 0 Å². The van der Waals surface area contributed by atoms with Crippen LogP contribution >= 0.6 is 22.9 Å². The Morgan fingerprint density at radius 2 is 2.04 bits per heavy atom. The number of benzene rings is 1. The van der Waals surface area contributed by atoms with Crippen molar-refractivity contribution in [3.05, 3.63) is 45.8 Å². The van der Waals surface area contributed by atoms with Crippen molar-refractivity contribution in [3.63, 3.8) is 0 Å². The Labute approximate surface area is 166 Å². The number of hydrogen-bond acceptors (Lipinski definition) is 4. The van der Waals surface area contributed by atoms with Crippen LogP contribution in [0.4, 0.5) is 0 Å². The molecule has 1 saturated heterocycles. The van der Waals surface area contributed by atoms with Crippen LogP contribution in [0.3, 0.4) is 0 Å². The summed E-state index contributed by atoms with van der Waals surface area (Å²) >= 11 is 7.77. The quantitative estimate of drug-likeness (QED) is 0.796. The van der Waals surface area contributed by atoms with E-state index in [9.17, 15) is 9.00 Å². The highest BCUT2D eigenvalue weighted by Crippen LogP contribution is 2.31. The zero-order valence-corrected chi connectivity index (χ0v) is 17.2. The number of thiophene rings is 1. The van der Waals surface area contributed by atoms with E-state index in [1.165, 1.54) is 0 Å². The number of nitrogens with zero attached hydrogens (tertiary/aromatic N) is 1. The Morgan fingerprint density at radius 3 is 2.77 bits per heavy atom. The maximum absolute atomic E-state index is 12.2. The van der Waals surface area contributed by atoms with Crippen LogP contribution in [0.1, 0.15) is 10.4 Å². The number of halogens is 1. The lowest BCUT2D eigenvalue weighted by Crippen LogP contribution is -2.42. The zero-order valence-electron chi connectivity index (χ0n) is 14.8. The lowest BCUT2D eigenvalue weighted by molar-refractivity contribution is -0.120. The van der Waals surface area contributed by atoms with Crippen LogP contribution < -0.4 is 5.32 Å². The zero-order chi connectivity index (χ0) is 18.5. The summed E-state index contributed by atoms with van der Waals surface area (Å²) in [5.74, 6) is 1.53. The molecule has 2 heterocycles. The van der Waals surface area contributed by atoms with Crippen LogP contribution in [-0.2, 0) is 22.0 Å². The minimum Gasteiger partial charge on any atom is -0.355 e. The molecule has 0 radical (unpaired) electrons. The summed E-state index contributed by atoms with van der Waals surface area (Å²) in [4.78, 5) is 16.6. The van der Waals surface area contributed by atoms with Crippen LogP contribution in [0.25, 0.3) is 10.4 Å². The van der Waals surface area contributed by atoms with Crippen molar-refractivity contribution in [1.82, 2.24) is 10.2 Å². The fourth-order valence-corrected chi connectivity index (χ4v) is 5.39. The SMILES string of the molecule is Cc1cc(Cl)cc(-c2ccc(CC(=O)NCCN3CCS(=O)CC3)s2)c1. The van der Waals surface area contributed by atoms with Crippen LogP contribution in [0, 0.1) is 6.92 Å². The Kier molecular flexibility index (Phi) is 6.86. The van der Waals surface area contributed by atoms with Gasteiger partial charge in [0.05, 0.1) is 6.42 Å². The number of carbonyl (C=O) groups excluding carboxylic acids is 1. The predicted molar refractivity (Wildman–Crippen MR) is 111 cm³/mol. The van der Waals surface area contributed by atoms with E-state index >= 15 is 0 Å². The average molecular weight is 411 g/mol. The van der Waals surface area contributed by atoms with Crippen LogP contribution in [-0.4, -0.2) is 52.7 Å². The first kappa shape index (κ1) is 19.5. The minimum atomic E-state index is -0.654. The summed E-state index contributed by atoms with van der Waals surface area (Å²) in [6.07, 6.45) is 0.397. The number of carbonyl (C=O) groups is 1. The molecule has 0 atom stereocenters. The van der Waals surface area contributed by atoms with E-state index in [1.54, 1.807) is 11.3 Å². The molecular formula is C19H23ClN2O2S2. The Balaban J connectivity index is 1.47. The van der Waals surface area contributed by atoms with E-state index in [1.807, 2.05) is 31.2 Å². The fraction of sp³-hybridized carbons (Fsp3) is 0.421. The van der Waals surface area contributed by atoms with Crippen molar-refractivity contribution in [3.8, 4) is 10.4 Å². The van der Waals surface area contributed by atoms with Gasteiger partial charge in [-0.3, -0.25) is 13.9 Å². The van der Waals surface area contributed by atoms with Crippen molar-refractivity contribution < 1.29 is 9.00 Å². The molecule has 1 fully saturated rings. The standard InChI is InChI=1S/C19H23ClN2O2S2/c1-14-10-15(12-16(20)11-14)18-3-2-17(25-18)13-19(23)21-4-5-22-6-8-26(24)9-7-22/h2-3,10-12H,4-9,13H2,1H3,(H,21,23). The summed E-state index contributed by atoms with van der Waals surface area (Å²) in [6, 6.07) is 10.1. The van der Waals surface area contributed by atoms with E-state index in [2.05, 4.69) is 16.3 Å². The van der Waals surface area contributed by atoms with Gasteiger partial charge in [0.2, 0.25) is 5.91 Å². The van der Waals surface area contributed by atoms with Gasteiger partial charge in [-0.1, -0.05) is 17.7 Å². The molecule has 3 rings (SSSR count). The molecule has 1 aliphatic heterocycles. The van der Waals surface area contributed by atoms with E-state index in [0.29, 0.717) is 13.0 Å². The molecule has 0 unspecified atom stereocenters. The number of amides is 1. The molecule has 2 aromatic rings. The summed E-state index contributed by atoms with van der Waals surface area (Å²) in [5, 5.41) is 3.72. The van der Waals surface area contributed by atoms with E-state index in [0.717, 1.165) is 57.0 Å². The molecule has 1 aliphatic rings. The molecule has 26 heavy (non-hydrogen) atoms. The molecule has 0 saturated carbocycles. The molecule has 0 bridgehead atoms. The summed E-state index contributed by atoms with van der Waals surface area (Å²) < 4.78 is 11.3. The van der Waals surface area contributed by atoms with Crippen LogP contribution in [0.2, 0.25) is 5.02 Å². The van der Waals surface area contributed by atoms with E-state index < -0.39 is 10.8 Å². The molecule has 1 N–H and O–H groups in total. The number of hydrogen-bond donors (Lipinski definition) is 1. The van der Waals surface area contributed by atoms with Gasteiger partial charge >= 0.3 is 0 Å². The van der Waals surface area contributed by atoms with Crippen molar-refractivity contribution in [2.75, 3.05) is 37.7 Å². The van der Waals surface area contributed by atoms with Crippen molar-refractivity contribution >= 4 is 39.6 Å². The number of rotatable bonds is 6. The molecule has 1 aromatic heterocycles. The first-order chi connectivity index (χ1) is 12.5. The average Bonchev–Trinajstić information content (AvgIpc) is 3.04. The highest BCUT2D eigenvalue weighted by Gasteiger charge is 2.15. The molecular weight excluding hydrogens is 388 g/mol. The predicted octanol–water partition coefficient (Wildman–Crippen LogP) is 3.10. The third kappa shape index (κ3) is 5.64. The van der Waals surface area contributed by atoms with E-state index in [-0.39, 0.29) is 5.91 Å². The molecule has 0 spiro atoms. The van der Waals surface area contributed by atoms with Crippen molar-refractivity contribution in [2.45, 2.75) is 13.3 Å². The van der Waals surface area contributed by atoms with Gasteiger partial charge in [-0.2, -0.15) is 0 Å². The smallest absolute Gasteiger partial charge is 0.225 e. The second kappa shape index (κ2) is 9.13. The van der Waals surface area contributed by atoms with Gasteiger partial charge in [0.15, 0.2) is 0 Å². The van der Waals surface area contributed by atoms with E-state index in [4.69, 9.17) is 11.6 Å². The summed E-state index contributed by atoms with van der Waals surface area (Å²) in [6.45, 7) is 5.20. The minimum absolute atomic E-state index is 0.0428. The molecule has 4 nitrogen and oxygen atoms in total. The second-order valence-corrected chi connectivity index (χ2v) is 9.80. The third-order valence-corrected chi connectivity index (χ3v) is 6.97. The first-order valence-corrected chi connectivity index (χ1v) is 11.4. The normalized spacial score (nSPS) is 15.9. The lowest BCUT2D eigenvalue weighted by atomic mass is 10.1. The molecule has 1 amide bonds. The third-order valence-electron chi connectivity index (χ3n) is 4.34. The summed E-state index contributed by atoms with van der Waals surface area (Å²) in [7, 11) is -0.654. The highest BCUT2D eigenvalue weighted by molar-refractivity contribution is 7.85. The van der Waals surface area contributed by atoms with Crippen molar-refractivity contribution in [2.24, 2.45) is 0 Å². The van der Waals surface area contributed by atoms with Gasteiger partial charge in [0.25, 0.3) is 0 Å². The van der Waals surface area contributed by atoms with Gasteiger partial charge in [0, 0.05) is 63.3 Å². The molecule has 1 aromatic carbocycles. The highest BCUT2D eigenvalue weighted by atomic mass is 35.5. The van der Waals surface area contributed by atoms with Gasteiger partial charge in [-0.05, 0) is 42.3 Å². The maximum Gasteiger partial charge on any atom is 0.225 e. The van der Waals surface area contributed by atoms with Gasteiger partial charge in [0.1, 0.15) is 0 Å². The van der Waals surface area contributed by atoms with Gasteiger partial charge in [-0.15, -0.1) is 11.3 Å². The monoisotopic (exact) mass is 410 g/mol. The number of nitrogens with one attached hydrogen (secondary N) is 1. The first-order valence-electron chi connectivity index (χ1n) is 8.70. The Morgan fingerprint density at radius 1 is 1.27 bits per heavy atom. The Bertz CT molecular complexity index is 776. The second-order valence-electron chi connectivity index (χ2n) is 6.50. The fourth-order valence-electron chi connectivity index (χ4n) is 2.98. The maximum atomic E-state index is 12.2. The van der Waals surface area contributed by atoms with Crippen molar-refractivity contribution in [1.29, 1.82) is 0 Å². The Hall–Kier alpha value is -1.21.